The summed E-state index contributed by atoms with van der Waals surface area (Å²) in [6, 6.07) is 7.46. The zero-order chi connectivity index (χ0) is 29.1. The van der Waals surface area contributed by atoms with Crippen LogP contribution in [0, 0.1) is 11.3 Å². The van der Waals surface area contributed by atoms with Gasteiger partial charge < -0.3 is 19.4 Å². The molecule has 1 aromatic carbocycles. The van der Waals surface area contributed by atoms with E-state index in [-0.39, 0.29) is 36.4 Å². The van der Waals surface area contributed by atoms with Crippen LogP contribution in [0.3, 0.4) is 0 Å². The van der Waals surface area contributed by atoms with Crippen LogP contribution >= 0.6 is 0 Å². The van der Waals surface area contributed by atoms with E-state index in [1.54, 1.807) is 11.0 Å². The van der Waals surface area contributed by atoms with Crippen LogP contribution < -0.4 is 9.64 Å². The van der Waals surface area contributed by atoms with Crippen LogP contribution in [0.4, 0.5) is 19.0 Å². The molecule has 216 valence electrons. The molecule has 5 rings (SSSR count). The Morgan fingerprint density at radius 1 is 1.24 bits per heavy atom. The number of carbonyl (C=O) groups excluding carboxylic acids is 1. The highest BCUT2D eigenvalue weighted by molar-refractivity contribution is 5.87. The molecule has 1 amide bonds. The zero-order valence-electron chi connectivity index (χ0n) is 22.7. The molecule has 0 aliphatic carbocycles. The van der Waals surface area contributed by atoms with Crippen LogP contribution in [0.25, 0.3) is 5.65 Å². The molecule has 0 bridgehead atoms. The molecule has 2 fully saturated rings. The van der Waals surface area contributed by atoms with Crippen LogP contribution in [0.1, 0.15) is 36.1 Å². The number of likely N-dealkylation sites (tertiary alicyclic amines) is 1. The first-order valence-electron chi connectivity index (χ1n) is 13.5. The number of carbonyl (C=O) groups is 1. The van der Waals surface area contributed by atoms with Gasteiger partial charge in [0.15, 0.2) is 11.5 Å². The number of alkyl halides is 3. The van der Waals surface area contributed by atoms with Gasteiger partial charge in [0.25, 0.3) is 0 Å². The molecule has 3 aromatic rings. The SMILES string of the molecule is C=CC(=O)N1CCN(c2nc(OCC3CCCN3C)nn3c(Cc4ccccc4C(F)(F)F)cnc23)CC1CC#N. The number of amides is 1. The summed E-state index contributed by atoms with van der Waals surface area (Å²) >= 11 is 0. The lowest BCUT2D eigenvalue weighted by atomic mass is 10.0. The van der Waals surface area contributed by atoms with E-state index in [2.05, 4.69) is 32.6 Å². The Bertz CT molecular complexity index is 1470. The van der Waals surface area contributed by atoms with Gasteiger partial charge in [0.05, 0.1) is 36.0 Å². The molecule has 41 heavy (non-hydrogen) atoms. The summed E-state index contributed by atoms with van der Waals surface area (Å²) in [6.45, 7) is 5.94. The first-order valence-corrected chi connectivity index (χ1v) is 13.5. The lowest BCUT2D eigenvalue weighted by Crippen LogP contribution is -2.55. The number of aromatic nitrogens is 4. The summed E-state index contributed by atoms with van der Waals surface area (Å²) in [5, 5.41) is 13.9. The number of hydrogen-bond donors (Lipinski definition) is 0. The number of likely N-dealkylation sites (N-methyl/N-ethyl adjacent to an activating group) is 1. The predicted octanol–water partition coefficient (Wildman–Crippen LogP) is 3.32. The molecule has 2 unspecified atom stereocenters. The molecule has 13 heteroatoms. The van der Waals surface area contributed by atoms with Crippen molar-refractivity contribution in [1.82, 2.24) is 29.4 Å². The van der Waals surface area contributed by atoms with E-state index < -0.39 is 17.8 Å². The summed E-state index contributed by atoms with van der Waals surface area (Å²) in [5.74, 6) is 0.174. The number of nitriles is 1. The van der Waals surface area contributed by atoms with Gasteiger partial charge >= 0.3 is 12.2 Å². The standard InChI is InChI=1S/C28H31F3N8O2/c1-3-24(40)38-14-13-37(17-20(38)10-11-32)26-25-33-16-22(15-19-7-4-5-9-23(19)28(29,30)31)39(25)35-27(34-26)41-18-21-8-6-12-36(21)2/h3-5,7,9,16,20-21H,1,6,8,10,12-15,17-18H2,2H3. The number of benzene rings is 1. The summed E-state index contributed by atoms with van der Waals surface area (Å²) in [6.07, 6.45) is 0.323. The molecule has 0 saturated carbocycles. The number of fused-ring (bicyclic) bond motifs is 1. The van der Waals surface area contributed by atoms with E-state index in [1.807, 2.05) is 11.9 Å². The molecule has 2 saturated heterocycles. The Labute approximate surface area is 235 Å². The lowest BCUT2D eigenvalue weighted by molar-refractivity contribution is -0.138. The smallest absolute Gasteiger partial charge is 0.416 e. The van der Waals surface area contributed by atoms with E-state index in [9.17, 15) is 23.2 Å². The van der Waals surface area contributed by atoms with Crippen molar-refractivity contribution in [3.63, 3.8) is 0 Å². The first-order chi connectivity index (χ1) is 19.7. The van der Waals surface area contributed by atoms with Gasteiger partial charge in [0.1, 0.15) is 6.61 Å². The van der Waals surface area contributed by atoms with Crippen molar-refractivity contribution in [3.05, 3.63) is 59.9 Å². The van der Waals surface area contributed by atoms with Crippen LogP contribution in [-0.4, -0.2) is 87.2 Å². The zero-order valence-corrected chi connectivity index (χ0v) is 22.7. The third-order valence-corrected chi connectivity index (χ3v) is 7.73. The minimum atomic E-state index is -4.50. The number of anilines is 1. The fraction of sp³-hybridized carbons (Fsp3) is 0.464. The molecule has 2 atom stereocenters. The fourth-order valence-electron chi connectivity index (χ4n) is 5.53. The minimum Gasteiger partial charge on any atom is -0.461 e. The average Bonchev–Trinajstić information content (AvgIpc) is 3.56. The van der Waals surface area contributed by atoms with Crippen LogP contribution in [0.15, 0.2) is 43.1 Å². The Morgan fingerprint density at radius 3 is 2.76 bits per heavy atom. The number of rotatable bonds is 8. The Morgan fingerprint density at radius 2 is 2.05 bits per heavy atom. The van der Waals surface area contributed by atoms with E-state index in [0.717, 1.165) is 25.5 Å². The summed E-state index contributed by atoms with van der Waals surface area (Å²) in [7, 11) is 2.03. The number of hydrogen-bond acceptors (Lipinski definition) is 8. The second-order valence-corrected chi connectivity index (χ2v) is 10.3. The molecule has 2 aliphatic rings. The van der Waals surface area contributed by atoms with E-state index in [0.29, 0.717) is 43.4 Å². The minimum absolute atomic E-state index is 0.0588. The molecule has 2 aromatic heterocycles. The third-order valence-electron chi connectivity index (χ3n) is 7.73. The predicted molar refractivity (Wildman–Crippen MR) is 144 cm³/mol. The van der Waals surface area contributed by atoms with E-state index >= 15 is 0 Å². The van der Waals surface area contributed by atoms with Gasteiger partial charge in [0.2, 0.25) is 5.91 Å². The second-order valence-electron chi connectivity index (χ2n) is 10.3. The fourth-order valence-corrected chi connectivity index (χ4v) is 5.53. The van der Waals surface area contributed by atoms with Gasteiger partial charge in [0, 0.05) is 32.1 Å². The van der Waals surface area contributed by atoms with E-state index in [4.69, 9.17) is 4.74 Å². The second kappa shape index (κ2) is 11.7. The van der Waals surface area contributed by atoms with E-state index in [1.165, 1.54) is 28.9 Å². The van der Waals surface area contributed by atoms with Crippen LogP contribution in [-0.2, 0) is 17.4 Å². The molecular weight excluding hydrogens is 537 g/mol. The Balaban J connectivity index is 1.52. The van der Waals surface area contributed by atoms with Gasteiger partial charge in [-0.25, -0.2) is 9.50 Å². The largest absolute Gasteiger partial charge is 0.461 e. The maximum atomic E-state index is 13.7. The van der Waals surface area contributed by atoms with Crippen LogP contribution in [0.5, 0.6) is 6.01 Å². The number of halogens is 3. The van der Waals surface area contributed by atoms with Crippen molar-refractivity contribution in [2.24, 2.45) is 0 Å². The molecule has 0 N–H and O–H groups in total. The molecular formula is C28H31F3N8O2. The summed E-state index contributed by atoms with van der Waals surface area (Å²) < 4.78 is 48.7. The average molecular weight is 569 g/mol. The van der Waals surface area contributed by atoms with Gasteiger partial charge in [-0.1, -0.05) is 24.8 Å². The van der Waals surface area contributed by atoms with Gasteiger partial charge in [-0.2, -0.15) is 23.4 Å². The van der Waals surface area contributed by atoms with Crippen molar-refractivity contribution in [1.29, 1.82) is 5.26 Å². The molecule has 2 aliphatic heterocycles. The number of imidazole rings is 1. The maximum Gasteiger partial charge on any atom is 0.416 e. The normalized spacial score (nSPS) is 19.9. The molecule has 0 radical (unpaired) electrons. The topological polar surface area (TPSA) is 103 Å². The van der Waals surface area contributed by atoms with Crippen molar-refractivity contribution in [2.45, 2.75) is 43.9 Å². The third kappa shape index (κ3) is 5.97. The first kappa shape index (κ1) is 28.4. The molecule has 4 heterocycles. The van der Waals surface area contributed by atoms with Crippen molar-refractivity contribution >= 4 is 17.4 Å². The highest BCUT2D eigenvalue weighted by atomic mass is 19.4. The lowest BCUT2D eigenvalue weighted by Gasteiger charge is -2.40. The summed E-state index contributed by atoms with van der Waals surface area (Å²) in [4.78, 5) is 27.3. The monoisotopic (exact) mass is 568 g/mol. The Kier molecular flexibility index (Phi) is 8.12. The molecule has 0 spiro atoms. The van der Waals surface area contributed by atoms with Crippen molar-refractivity contribution < 1.29 is 22.7 Å². The van der Waals surface area contributed by atoms with Crippen LogP contribution in [0.2, 0.25) is 0 Å². The maximum absolute atomic E-state index is 13.7. The number of nitrogens with zero attached hydrogens (tertiary/aromatic N) is 8. The highest BCUT2D eigenvalue weighted by Gasteiger charge is 2.34. The van der Waals surface area contributed by atoms with Crippen molar-refractivity contribution in [2.75, 3.05) is 44.7 Å². The summed E-state index contributed by atoms with van der Waals surface area (Å²) in [5.41, 5.74) is 0.182. The van der Waals surface area contributed by atoms with Crippen molar-refractivity contribution in [3.8, 4) is 12.1 Å². The highest BCUT2D eigenvalue weighted by Crippen LogP contribution is 2.33. The number of piperazine rings is 1. The van der Waals surface area contributed by atoms with Gasteiger partial charge in [-0.3, -0.25) is 4.79 Å². The Hall–Kier alpha value is -4.18. The van der Waals surface area contributed by atoms with Gasteiger partial charge in [-0.05, 0) is 44.1 Å². The molecule has 10 nitrogen and oxygen atoms in total. The van der Waals surface area contributed by atoms with Gasteiger partial charge in [-0.15, -0.1) is 5.10 Å². The number of ether oxygens (including phenoxy) is 1. The quantitative estimate of drug-likeness (QED) is 0.382.